The van der Waals surface area contributed by atoms with Gasteiger partial charge in [0.15, 0.2) is 5.76 Å². The van der Waals surface area contributed by atoms with E-state index in [1.807, 2.05) is 16.8 Å². The monoisotopic (exact) mass is 374 g/mol. The minimum absolute atomic E-state index is 0.181. The van der Waals surface area contributed by atoms with Gasteiger partial charge < -0.3 is 15.1 Å². The maximum absolute atomic E-state index is 12.1. The lowest BCUT2D eigenvalue weighted by Crippen LogP contribution is -2.39. The first-order chi connectivity index (χ1) is 12.1. The van der Waals surface area contributed by atoms with Gasteiger partial charge in [-0.25, -0.2) is 0 Å². The first-order valence-electron chi connectivity index (χ1n) is 7.37. The molecule has 0 aliphatic carbocycles. The molecule has 3 aromatic rings. The van der Waals surface area contributed by atoms with Crippen molar-refractivity contribution in [1.29, 1.82) is 0 Å². The smallest absolute Gasteiger partial charge is 0.309 e. The lowest BCUT2D eigenvalue weighted by atomic mass is 10.2. The van der Waals surface area contributed by atoms with Crippen LogP contribution in [-0.2, 0) is 22.7 Å². The summed E-state index contributed by atoms with van der Waals surface area (Å²) in [4.78, 5) is 37.0. The van der Waals surface area contributed by atoms with Crippen molar-refractivity contribution < 1.29 is 18.8 Å². The van der Waals surface area contributed by atoms with Gasteiger partial charge in [0.05, 0.1) is 17.7 Å². The van der Waals surface area contributed by atoms with Crippen molar-refractivity contribution in [3.8, 4) is 0 Å². The normalized spacial score (nSPS) is 10.4. The second-order valence-electron chi connectivity index (χ2n) is 5.07. The minimum atomic E-state index is -0.706. The molecule has 0 aromatic carbocycles. The van der Waals surface area contributed by atoms with Crippen LogP contribution in [0.4, 0.5) is 0 Å². The van der Waals surface area contributed by atoms with Crippen LogP contribution < -0.4 is 10.6 Å². The van der Waals surface area contributed by atoms with Crippen LogP contribution >= 0.6 is 22.7 Å². The van der Waals surface area contributed by atoms with E-state index in [9.17, 15) is 14.4 Å². The number of hydrogen-bond donors (Lipinski definition) is 2. The lowest BCUT2D eigenvalue weighted by Gasteiger charge is -2.04. The Hall–Kier alpha value is -2.71. The third-order valence-corrected chi connectivity index (χ3v) is 5.11. The fourth-order valence-electron chi connectivity index (χ4n) is 2.03. The molecular weight excluding hydrogens is 360 g/mol. The standard InChI is InChI=1S/C17H14N2O4S2/c20-15(13-2-1-6-23-13)14-4-3-12(25-14)9-19-17(22)16(21)18-8-11-5-7-24-10-11/h1-7,10H,8-9H2,(H,18,21)(H,19,22). The van der Waals surface area contributed by atoms with Gasteiger partial charge in [-0.05, 0) is 46.7 Å². The van der Waals surface area contributed by atoms with E-state index in [0.717, 1.165) is 10.4 Å². The van der Waals surface area contributed by atoms with Crippen LogP contribution in [0.15, 0.2) is 51.8 Å². The number of amides is 2. The van der Waals surface area contributed by atoms with Crippen molar-refractivity contribution >= 4 is 40.3 Å². The Balaban J connectivity index is 1.49. The van der Waals surface area contributed by atoms with Crippen molar-refractivity contribution in [2.75, 3.05) is 0 Å². The Kier molecular flexibility index (Phi) is 5.42. The molecule has 0 radical (unpaired) electrons. The van der Waals surface area contributed by atoms with Gasteiger partial charge in [-0.3, -0.25) is 14.4 Å². The lowest BCUT2D eigenvalue weighted by molar-refractivity contribution is -0.139. The average molecular weight is 374 g/mol. The molecule has 0 aliphatic heterocycles. The molecule has 0 bridgehead atoms. The highest BCUT2D eigenvalue weighted by atomic mass is 32.1. The van der Waals surface area contributed by atoms with E-state index in [0.29, 0.717) is 11.4 Å². The minimum Gasteiger partial charge on any atom is -0.461 e. The summed E-state index contributed by atoms with van der Waals surface area (Å²) >= 11 is 2.78. The van der Waals surface area contributed by atoms with Gasteiger partial charge in [-0.1, -0.05) is 0 Å². The second-order valence-corrected chi connectivity index (χ2v) is 7.02. The van der Waals surface area contributed by atoms with E-state index in [-0.39, 0.29) is 18.1 Å². The highest BCUT2D eigenvalue weighted by molar-refractivity contribution is 7.14. The predicted molar refractivity (Wildman–Crippen MR) is 94.5 cm³/mol. The maximum Gasteiger partial charge on any atom is 0.309 e. The van der Waals surface area contributed by atoms with Gasteiger partial charge in [0.25, 0.3) is 0 Å². The van der Waals surface area contributed by atoms with Crippen molar-refractivity contribution in [3.63, 3.8) is 0 Å². The van der Waals surface area contributed by atoms with Crippen LogP contribution in [-0.4, -0.2) is 17.6 Å². The molecule has 2 amide bonds. The van der Waals surface area contributed by atoms with E-state index in [1.165, 1.54) is 28.9 Å². The van der Waals surface area contributed by atoms with Crippen molar-refractivity contribution in [1.82, 2.24) is 10.6 Å². The van der Waals surface area contributed by atoms with Crippen molar-refractivity contribution in [2.24, 2.45) is 0 Å². The van der Waals surface area contributed by atoms with E-state index in [4.69, 9.17) is 4.42 Å². The zero-order valence-corrected chi connectivity index (χ0v) is 14.6. The Morgan fingerprint density at radius 3 is 2.48 bits per heavy atom. The van der Waals surface area contributed by atoms with Gasteiger partial charge in [-0.2, -0.15) is 11.3 Å². The van der Waals surface area contributed by atoms with Crippen LogP contribution in [0.25, 0.3) is 0 Å². The number of thiophene rings is 2. The summed E-state index contributed by atoms with van der Waals surface area (Å²) in [5.74, 6) is -1.33. The first kappa shape index (κ1) is 17.1. The molecule has 0 spiro atoms. The summed E-state index contributed by atoms with van der Waals surface area (Å²) in [5.41, 5.74) is 0.950. The summed E-state index contributed by atoms with van der Waals surface area (Å²) in [7, 11) is 0. The largest absolute Gasteiger partial charge is 0.461 e. The van der Waals surface area contributed by atoms with E-state index in [2.05, 4.69) is 10.6 Å². The summed E-state index contributed by atoms with van der Waals surface area (Å²) in [6, 6.07) is 8.54. The fourth-order valence-corrected chi connectivity index (χ4v) is 3.59. The van der Waals surface area contributed by atoms with E-state index in [1.54, 1.807) is 24.3 Å². The molecule has 0 saturated heterocycles. The third-order valence-electron chi connectivity index (χ3n) is 3.29. The maximum atomic E-state index is 12.1. The van der Waals surface area contributed by atoms with Crippen molar-refractivity contribution in [2.45, 2.75) is 13.1 Å². The molecule has 0 aliphatic rings. The number of nitrogens with one attached hydrogen (secondary N) is 2. The van der Waals surface area contributed by atoms with Crippen LogP contribution in [0.1, 0.15) is 25.9 Å². The van der Waals surface area contributed by atoms with Gasteiger partial charge in [-0.15, -0.1) is 11.3 Å². The van der Waals surface area contributed by atoms with Gasteiger partial charge in [0, 0.05) is 11.4 Å². The number of furan rings is 1. The van der Waals surface area contributed by atoms with Crippen LogP contribution in [0.5, 0.6) is 0 Å². The van der Waals surface area contributed by atoms with Gasteiger partial charge >= 0.3 is 11.8 Å². The molecule has 3 aromatic heterocycles. The van der Waals surface area contributed by atoms with E-state index < -0.39 is 11.8 Å². The van der Waals surface area contributed by atoms with Crippen LogP contribution in [0.2, 0.25) is 0 Å². The highest BCUT2D eigenvalue weighted by Gasteiger charge is 2.16. The Morgan fingerprint density at radius 1 is 1.00 bits per heavy atom. The Bertz CT molecular complexity index is 867. The Morgan fingerprint density at radius 2 is 1.80 bits per heavy atom. The highest BCUT2D eigenvalue weighted by Crippen LogP contribution is 2.20. The Labute approximate surface area is 151 Å². The van der Waals surface area contributed by atoms with Crippen molar-refractivity contribution in [3.05, 3.63) is 68.4 Å². The predicted octanol–water partition coefficient (Wildman–Crippen LogP) is 2.57. The zero-order valence-electron chi connectivity index (χ0n) is 13.0. The molecule has 0 unspecified atom stereocenters. The topological polar surface area (TPSA) is 88.4 Å². The quantitative estimate of drug-likeness (QED) is 0.513. The van der Waals surface area contributed by atoms with Gasteiger partial charge in [0.1, 0.15) is 0 Å². The SMILES string of the molecule is O=C(NCc1ccsc1)C(=O)NCc1ccc(C(=O)c2ccco2)s1. The fraction of sp³-hybridized carbons (Fsp3) is 0.118. The van der Waals surface area contributed by atoms with E-state index >= 15 is 0 Å². The summed E-state index contributed by atoms with van der Waals surface area (Å²) in [6.07, 6.45) is 1.44. The molecule has 25 heavy (non-hydrogen) atoms. The summed E-state index contributed by atoms with van der Waals surface area (Å²) in [5, 5.41) is 8.91. The molecule has 128 valence electrons. The molecule has 0 atom stereocenters. The number of ketones is 1. The number of hydrogen-bond acceptors (Lipinski definition) is 6. The molecular formula is C17H14N2O4S2. The van der Waals surface area contributed by atoms with Crippen LogP contribution in [0, 0.1) is 0 Å². The molecule has 0 fully saturated rings. The van der Waals surface area contributed by atoms with Gasteiger partial charge in [0.2, 0.25) is 5.78 Å². The number of carbonyl (C=O) groups excluding carboxylic acids is 3. The first-order valence-corrected chi connectivity index (χ1v) is 9.13. The summed E-state index contributed by atoms with van der Waals surface area (Å²) in [6.45, 7) is 0.497. The molecule has 2 N–H and O–H groups in total. The molecule has 3 heterocycles. The molecule has 0 saturated carbocycles. The second kappa shape index (κ2) is 7.91. The third kappa shape index (κ3) is 4.43. The molecule has 8 heteroatoms. The zero-order chi connectivity index (χ0) is 17.6. The number of carbonyl (C=O) groups is 3. The molecule has 3 rings (SSSR count). The van der Waals surface area contributed by atoms with Crippen LogP contribution in [0.3, 0.4) is 0 Å². The summed E-state index contributed by atoms with van der Waals surface area (Å²) < 4.78 is 5.08. The average Bonchev–Trinajstić information content (AvgIpc) is 3.39. The molecule has 6 nitrogen and oxygen atoms in total. The number of rotatable bonds is 6.